The number of aromatic nitrogens is 1. The van der Waals surface area contributed by atoms with E-state index in [0.717, 1.165) is 22.3 Å². The Balaban J connectivity index is 1.56. The summed E-state index contributed by atoms with van der Waals surface area (Å²) in [6.07, 6.45) is -0.0781. The molecule has 0 unspecified atom stereocenters. The van der Waals surface area contributed by atoms with Crippen molar-refractivity contribution < 1.29 is 17.9 Å². The molecule has 136 valence electrons. The number of hydrogen-bond donors (Lipinski definition) is 2. The van der Waals surface area contributed by atoms with Crippen LogP contribution < -0.4 is 10.1 Å². The first kappa shape index (κ1) is 18.0. The standard InChI is InChI=1S/C19H20N2O4S/c1-25-16-7-8-18-14(12-16)11-15(21-18)13-20-19(22)9-10-26(23,24)17-5-3-2-4-6-17/h2-8,11-12,21H,9-10,13H2,1H3,(H,20,22). The normalized spacial score (nSPS) is 11.4. The minimum Gasteiger partial charge on any atom is -0.497 e. The van der Waals surface area contributed by atoms with Gasteiger partial charge in [-0.3, -0.25) is 4.79 Å². The predicted octanol–water partition coefficient (Wildman–Crippen LogP) is 2.66. The predicted molar refractivity (Wildman–Crippen MR) is 99.8 cm³/mol. The average Bonchev–Trinajstić information content (AvgIpc) is 3.07. The van der Waals surface area contributed by atoms with Crippen molar-refractivity contribution >= 4 is 26.6 Å². The second-order valence-electron chi connectivity index (χ2n) is 5.91. The molecule has 1 heterocycles. The number of amides is 1. The highest BCUT2D eigenvalue weighted by molar-refractivity contribution is 7.91. The molecule has 0 radical (unpaired) electrons. The van der Waals surface area contributed by atoms with Crippen LogP contribution in [0, 0.1) is 0 Å². The molecule has 0 aliphatic heterocycles. The van der Waals surface area contributed by atoms with Crippen LogP contribution in [0.4, 0.5) is 0 Å². The summed E-state index contributed by atoms with van der Waals surface area (Å²) in [7, 11) is -1.84. The van der Waals surface area contributed by atoms with E-state index in [2.05, 4.69) is 10.3 Å². The first-order valence-corrected chi connectivity index (χ1v) is 9.83. The molecule has 0 atom stereocenters. The van der Waals surface area contributed by atoms with Crippen LogP contribution in [0.15, 0.2) is 59.5 Å². The number of methoxy groups -OCH3 is 1. The zero-order valence-corrected chi connectivity index (χ0v) is 15.2. The van der Waals surface area contributed by atoms with Crippen LogP contribution in [0.3, 0.4) is 0 Å². The molecular weight excluding hydrogens is 352 g/mol. The number of H-pyrrole nitrogens is 1. The van der Waals surface area contributed by atoms with E-state index < -0.39 is 9.84 Å². The van der Waals surface area contributed by atoms with Gasteiger partial charge in [-0.15, -0.1) is 0 Å². The summed E-state index contributed by atoms with van der Waals surface area (Å²) in [5.41, 5.74) is 1.79. The van der Waals surface area contributed by atoms with Crippen molar-refractivity contribution in [3.05, 3.63) is 60.3 Å². The zero-order chi connectivity index (χ0) is 18.6. The molecule has 2 N–H and O–H groups in total. The molecule has 0 aliphatic carbocycles. The average molecular weight is 372 g/mol. The number of fused-ring (bicyclic) bond motifs is 1. The van der Waals surface area contributed by atoms with Crippen LogP contribution >= 0.6 is 0 Å². The zero-order valence-electron chi connectivity index (χ0n) is 14.4. The van der Waals surface area contributed by atoms with Gasteiger partial charge in [0.15, 0.2) is 9.84 Å². The fourth-order valence-electron chi connectivity index (χ4n) is 2.65. The van der Waals surface area contributed by atoms with Crippen molar-refractivity contribution in [1.82, 2.24) is 10.3 Å². The molecule has 0 fully saturated rings. The summed E-state index contributed by atoms with van der Waals surface area (Å²) in [5.74, 6) is 0.242. The first-order valence-electron chi connectivity index (χ1n) is 8.18. The number of carbonyl (C=O) groups is 1. The second-order valence-corrected chi connectivity index (χ2v) is 8.02. The molecule has 1 aromatic heterocycles. The fraction of sp³-hybridized carbons (Fsp3) is 0.211. The molecule has 2 aromatic carbocycles. The molecule has 7 heteroatoms. The van der Waals surface area contributed by atoms with Gasteiger partial charge in [0.1, 0.15) is 5.75 Å². The molecule has 0 saturated heterocycles. The Labute approximate surface area is 152 Å². The molecule has 0 spiro atoms. The Bertz CT molecular complexity index is 1010. The van der Waals surface area contributed by atoms with Gasteiger partial charge in [-0.25, -0.2) is 8.42 Å². The van der Waals surface area contributed by atoms with E-state index in [1.165, 1.54) is 12.1 Å². The largest absolute Gasteiger partial charge is 0.497 e. The summed E-state index contributed by atoms with van der Waals surface area (Å²) >= 11 is 0. The molecule has 3 aromatic rings. The lowest BCUT2D eigenvalue weighted by Gasteiger charge is -2.05. The van der Waals surface area contributed by atoms with Crippen molar-refractivity contribution in [2.24, 2.45) is 0 Å². The SMILES string of the molecule is COc1ccc2[nH]c(CNC(=O)CCS(=O)(=O)c3ccccc3)cc2c1. The third-order valence-electron chi connectivity index (χ3n) is 4.06. The minimum atomic E-state index is -3.45. The summed E-state index contributed by atoms with van der Waals surface area (Å²) < 4.78 is 29.6. The lowest BCUT2D eigenvalue weighted by atomic mass is 10.2. The maximum absolute atomic E-state index is 12.2. The molecule has 1 amide bonds. The second kappa shape index (κ2) is 7.61. The summed E-state index contributed by atoms with van der Waals surface area (Å²) in [4.78, 5) is 15.4. The number of ether oxygens (including phenoxy) is 1. The van der Waals surface area contributed by atoms with Gasteiger partial charge in [0, 0.05) is 23.0 Å². The van der Waals surface area contributed by atoms with Crippen LogP contribution in [0.25, 0.3) is 10.9 Å². The van der Waals surface area contributed by atoms with Crippen molar-refractivity contribution in [3.63, 3.8) is 0 Å². The molecular formula is C19H20N2O4S. The Kier molecular flexibility index (Phi) is 5.27. The third kappa shape index (κ3) is 4.23. The van der Waals surface area contributed by atoms with Crippen LogP contribution in [-0.2, 0) is 21.2 Å². The Morgan fingerprint density at radius 2 is 1.88 bits per heavy atom. The van der Waals surface area contributed by atoms with Gasteiger partial charge in [0.25, 0.3) is 0 Å². The topological polar surface area (TPSA) is 88.3 Å². The number of nitrogens with one attached hydrogen (secondary N) is 2. The first-order chi connectivity index (χ1) is 12.5. The molecule has 0 aliphatic rings. The van der Waals surface area contributed by atoms with Crippen LogP contribution in [0.5, 0.6) is 5.75 Å². The lowest BCUT2D eigenvalue weighted by molar-refractivity contribution is -0.120. The number of rotatable bonds is 7. The Morgan fingerprint density at radius 3 is 2.62 bits per heavy atom. The smallest absolute Gasteiger partial charge is 0.221 e. The highest BCUT2D eigenvalue weighted by Crippen LogP contribution is 2.21. The van der Waals surface area contributed by atoms with Gasteiger partial charge < -0.3 is 15.0 Å². The van der Waals surface area contributed by atoms with Crippen molar-refractivity contribution in [3.8, 4) is 5.75 Å². The van der Waals surface area contributed by atoms with E-state index in [0.29, 0.717) is 6.54 Å². The van der Waals surface area contributed by atoms with Gasteiger partial charge in [-0.05, 0) is 36.4 Å². The van der Waals surface area contributed by atoms with Crippen molar-refractivity contribution in [2.75, 3.05) is 12.9 Å². The van der Waals surface area contributed by atoms with Gasteiger partial charge in [0.2, 0.25) is 5.91 Å². The van der Waals surface area contributed by atoms with E-state index in [1.54, 1.807) is 25.3 Å². The van der Waals surface area contributed by atoms with Gasteiger partial charge in [0.05, 0.1) is 24.3 Å². The molecule has 0 bridgehead atoms. The highest BCUT2D eigenvalue weighted by Gasteiger charge is 2.16. The summed E-state index contributed by atoms with van der Waals surface area (Å²) in [6.45, 7) is 0.307. The van der Waals surface area contributed by atoms with Gasteiger partial charge in [-0.2, -0.15) is 0 Å². The number of hydrogen-bond acceptors (Lipinski definition) is 4. The third-order valence-corrected chi connectivity index (χ3v) is 5.79. The van der Waals surface area contributed by atoms with Crippen molar-refractivity contribution in [2.45, 2.75) is 17.9 Å². The van der Waals surface area contributed by atoms with E-state index in [-0.39, 0.29) is 23.0 Å². The Morgan fingerprint density at radius 1 is 1.12 bits per heavy atom. The van der Waals surface area contributed by atoms with E-state index in [4.69, 9.17) is 4.74 Å². The molecule has 6 nitrogen and oxygen atoms in total. The van der Waals surface area contributed by atoms with Gasteiger partial charge >= 0.3 is 0 Å². The summed E-state index contributed by atoms with van der Waals surface area (Å²) in [6, 6.07) is 15.7. The molecule has 26 heavy (non-hydrogen) atoms. The Hall–Kier alpha value is -2.80. The molecule has 3 rings (SSSR count). The van der Waals surface area contributed by atoms with Gasteiger partial charge in [-0.1, -0.05) is 18.2 Å². The van der Waals surface area contributed by atoms with E-state index >= 15 is 0 Å². The lowest BCUT2D eigenvalue weighted by Crippen LogP contribution is -2.25. The monoisotopic (exact) mass is 372 g/mol. The summed E-state index contributed by atoms with van der Waals surface area (Å²) in [5, 5.41) is 3.73. The molecule has 0 saturated carbocycles. The van der Waals surface area contributed by atoms with Crippen LogP contribution in [0.2, 0.25) is 0 Å². The maximum Gasteiger partial charge on any atom is 0.221 e. The number of carbonyl (C=O) groups excluding carboxylic acids is 1. The van der Waals surface area contributed by atoms with Crippen LogP contribution in [-0.4, -0.2) is 32.2 Å². The van der Waals surface area contributed by atoms with Crippen LogP contribution in [0.1, 0.15) is 12.1 Å². The quantitative estimate of drug-likeness (QED) is 0.667. The minimum absolute atomic E-state index is 0.0781. The maximum atomic E-state index is 12.2. The number of sulfone groups is 1. The van der Waals surface area contributed by atoms with Crippen molar-refractivity contribution in [1.29, 1.82) is 0 Å². The van der Waals surface area contributed by atoms with E-state index in [9.17, 15) is 13.2 Å². The fourth-order valence-corrected chi connectivity index (χ4v) is 3.91. The number of benzene rings is 2. The highest BCUT2D eigenvalue weighted by atomic mass is 32.2. The van der Waals surface area contributed by atoms with E-state index in [1.807, 2.05) is 24.3 Å². The number of aromatic amines is 1.